The highest BCUT2D eigenvalue weighted by molar-refractivity contribution is 9.10. The number of rotatable bonds is 0. The molecule has 1 aromatic carbocycles. The molecule has 0 amide bonds. The van der Waals surface area contributed by atoms with Gasteiger partial charge in [0.25, 0.3) is 0 Å². The van der Waals surface area contributed by atoms with Crippen LogP contribution in [0.3, 0.4) is 0 Å². The van der Waals surface area contributed by atoms with E-state index in [0.717, 1.165) is 15.9 Å². The summed E-state index contributed by atoms with van der Waals surface area (Å²) in [4.78, 5) is 0. The fourth-order valence-corrected chi connectivity index (χ4v) is 2.82. The Labute approximate surface area is 98.1 Å². The molecule has 1 fully saturated rings. The first-order valence-electron chi connectivity index (χ1n) is 5.56. The van der Waals surface area contributed by atoms with E-state index in [1.165, 1.54) is 25.7 Å². The van der Waals surface area contributed by atoms with Crippen molar-refractivity contribution in [1.29, 1.82) is 0 Å². The number of hydrogen-bond donors (Lipinski definition) is 1. The Morgan fingerprint density at radius 2 is 2.13 bits per heavy atom. The largest absolute Gasteiger partial charge is 0.486 e. The van der Waals surface area contributed by atoms with Crippen molar-refractivity contribution in [2.24, 2.45) is 0 Å². The molecule has 1 heterocycles. The van der Waals surface area contributed by atoms with Crippen molar-refractivity contribution in [3.05, 3.63) is 22.7 Å². The molecule has 0 spiro atoms. The summed E-state index contributed by atoms with van der Waals surface area (Å²) in [5.41, 5.74) is 1.14. The molecule has 1 aliphatic carbocycles. The fourth-order valence-electron chi connectivity index (χ4n) is 2.48. The predicted octanol–water partition coefficient (Wildman–Crippen LogP) is 3.56. The zero-order chi connectivity index (χ0) is 10.3. The average molecular weight is 268 g/mol. The third kappa shape index (κ3) is 1.73. The van der Waals surface area contributed by atoms with E-state index in [4.69, 9.17) is 4.74 Å². The van der Waals surface area contributed by atoms with Crippen LogP contribution in [0.2, 0.25) is 0 Å². The Bertz CT molecular complexity index is 380. The van der Waals surface area contributed by atoms with Gasteiger partial charge >= 0.3 is 0 Å². The van der Waals surface area contributed by atoms with Crippen LogP contribution >= 0.6 is 15.9 Å². The molecule has 0 bridgehead atoms. The number of ether oxygens (including phenoxy) is 1. The summed E-state index contributed by atoms with van der Waals surface area (Å²) >= 11 is 3.47. The van der Waals surface area contributed by atoms with Gasteiger partial charge in [-0.3, -0.25) is 0 Å². The summed E-state index contributed by atoms with van der Waals surface area (Å²) in [5.74, 6) is 0.993. The minimum absolute atomic E-state index is 0.376. The Morgan fingerprint density at radius 3 is 3.07 bits per heavy atom. The maximum absolute atomic E-state index is 6.02. The van der Waals surface area contributed by atoms with Gasteiger partial charge in [-0.25, -0.2) is 0 Å². The van der Waals surface area contributed by atoms with Crippen molar-refractivity contribution >= 4 is 21.6 Å². The van der Waals surface area contributed by atoms with E-state index in [2.05, 4.69) is 33.4 Å². The maximum atomic E-state index is 6.02. The Hall–Kier alpha value is -0.700. The number of benzene rings is 1. The third-order valence-electron chi connectivity index (χ3n) is 3.27. The van der Waals surface area contributed by atoms with Gasteiger partial charge in [0.15, 0.2) is 0 Å². The summed E-state index contributed by atoms with van der Waals surface area (Å²) in [6.07, 6.45) is 5.42. The van der Waals surface area contributed by atoms with Crippen LogP contribution < -0.4 is 10.1 Å². The van der Waals surface area contributed by atoms with E-state index in [9.17, 15) is 0 Å². The van der Waals surface area contributed by atoms with Crippen molar-refractivity contribution in [3.63, 3.8) is 0 Å². The fraction of sp³-hybridized carbons (Fsp3) is 0.500. The minimum atomic E-state index is 0.376. The molecule has 2 atom stereocenters. The molecular weight excluding hydrogens is 254 g/mol. The van der Waals surface area contributed by atoms with Gasteiger partial charge in [0.2, 0.25) is 0 Å². The van der Waals surface area contributed by atoms with Crippen LogP contribution in [-0.2, 0) is 0 Å². The van der Waals surface area contributed by atoms with Crippen molar-refractivity contribution in [3.8, 4) is 5.75 Å². The van der Waals surface area contributed by atoms with Gasteiger partial charge in [-0.15, -0.1) is 0 Å². The zero-order valence-electron chi connectivity index (χ0n) is 8.50. The minimum Gasteiger partial charge on any atom is -0.486 e. The summed E-state index contributed by atoms with van der Waals surface area (Å²) in [7, 11) is 0. The van der Waals surface area contributed by atoms with Gasteiger partial charge in [-0.2, -0.15) is 0 Å². The van der Waals surface area contributed by atoms with Crippen LogP contribution in [0.1, 0.15) is 25.7 Å². The molecule has 2 aliphatic rings. The van der Waals surface area contributed by atoms with Crippen molar-refractivity contribution in [2.75, 3.05) is 5.32 Å². The normalized spacial score (nSPS) is 28.3. The predicted molar refractivity (Wildman–Crippen MR) is 64.4 cm³/mol. The maximum Gasteiger partial charge on any atom is 0.144 e. The van der Waals surface area contributed by atoms with E-state index < -0.39 is 0 Å². The van der Waals surface area contributed by atoms with E-state index in [0.29, 0.717) is 12.1 Å². The lowest BCUT2D eigenvalue weighted by Gasteiger charge is -2.38. The van der Waals surface area contributed by atoms with Crippen LogP contribution in [0.4, 0.5) is 5.69 Å². The lowest BCUT2D eigenvalue weighted by Crippen LogP contribution is -2.43. The van der Waals surface area contributed by atoms with Crippen molar-refractivity contribution in [2.45, 2.75) is 37.8 Å². The number of anilines is 1. The summed E-state index contributed by atoms with van der Waals surface area (Å²) in [6.45, 7) is 0. The lowest BCUT2D eigenvalue weighted by atomic mass is 9.91. The van der Waals surface area contributed by atoms with Crippen LogP contribution in [0, 0.1) is 0 Å². The molecule has 1 aromatic rings. The Balaban J connectivity index is 1.92. The molecule has 80 valence electrons. The highest BCUT2D eigenvalue weighted by Crippen LogP contribution is 2.37. The molecule has 1 saturated carbocycles. The zero-order valence-corrected chi connectivity index (χ0v) is 10.1. The first-order valence-corrected chi connectivity index (χ1v) is 6.35. The molecular formula is C12H14BrNO. The van der Waals surface area contributed by atoms with Crippen LogP contribution in [-0.4, -0.2) is 12.1 Å². The van der Waals surface area contributed by atoms with Gasteiger partial charge in [0.1, 0.15) is 11.9 Å². The number of fused-ring (bicyclic) bond motifs is 2. The molecule has 1 N–H and O–H groups in total. The van der Waals surface area contributed by atoms with E-state index in [1.807, 2.05) is 6.07 Å². The van der Waals surface area contributed by atoms with Crippen LogP contribution in [0.15, 0.2) is 22.7 Å². The molecule has 0 radical (unpaired) electrons. The SMILES string of the molecule is Brc1ccc2c(c1)OC1CCCCC1N2. The van der Waals surface area contributed by atoms with Gasteiger partial charge < -0.3 is 10.1 Å². The molecule has 0 saturated heterocycles. The highest BCUT2D eigenvalue weighted by Gasteiger charge is 2.31. The smallest absolute Gasteiger partial charge is 0.144 e. The average Bonchev–Trinajstić information content (AvgIpc) is 2.26. The molecule has 1 aliphatic heterocycles. The molecule has 3 rings (SSSR count). The first-order chi connectivity index (χ1) is 7.33. The quantitative estimate of drug-likeness (QED) is 0.776. The highest BCUT2D eigenvalue weighted by atomic mass is 79.9. The van der Waals surface area contributed by atoms with E-state index in [-0.39, 0.29) is 0 Å². The number of hydrogen-bond acceptors (Lipinski definition) is 2. The summed E-state index contributed by atoms with van der Waals surface area (Å²) in [6, 6.07) is 6.71. The van der Waals surface area contributed by atoms with Gasteiger partial charge in [0.05, 0.1) is 11.7 Å². The third-order valence-corrected chi connectivity index (χ3v) is 3.76. The van der Waals surface area contributed by atoms with Crippen molar-refractivity contribution < 1.29 is 4.74 Å². The molecule has 15 heavy (non-hydrogen) atoms. The molecule has 0 aromatic heterocycles. The summed E-state index contributed by atoms with van der Waals surface area (Å²) < 4.78 is 7.11. The standard InChI is InChI=1S/C12H14BrNO/c13-8-5-6-10-12(7-8)15-11-4-2-1-3-9(11)14-10/h5-7,9,11,14H,1-4H2. The van der Waals surface area contributed by atoms with Crippen molar-refractivity contribution in [1.82, 2.24) is 0 Å². The monoisotopic (exact) mass is 267 g/mol. The van der Waals surface area contributed by atoms with Gasteiger partial charge in [0, 0.05) is 4.47 Å². The Morgan fingerprint density at radius 1 is 1.27 bits per heavy atom. The van der Waals surface area contributed by atoms with Crippen LogP contribution in [0.5, 0.6) is 5.75 Å². The molecule has 3 heteroatoms. The second-order valence-corrected chi connectivity index (χ2v) is 5.25. The van der Waals surface area contributed by atoms with Crippen LogP contribution in [0.25, 0.3) is 0 Å². The van der Waals surface area contributed by atoms with E-state index >= 15 is 0 Å². The van der Waals surface area contributed by atoms with Gasteiger partial charge in [-0.1, -0.05) is 22.4 Å². The van der Waals surface area contributed by atoms with Gasteiger partial charge in [-0.05, 0) is 37.5 Å². The molecule has 2 nitrogen and oxygen atoms in total. The van der Waals surface area contributed by atoms with E-state index in [1.54, 1.807) is 0 Å². The topological polar surface area (TPSA) is 21.3 Å². The Kier molecular flexibility index (Phi) is 2.35. The number of halogens is 1. The second kappa shape index (κ2) is 3.71. The summed E-state index contributed by atoms with van der Waals surface area (Å²) in [5, 5.41) is 3.58. The lowest BCUT2D eigenvalue weighted by molar-refractivity contribution is 0.131. The second-order valence-electron chi connectivity index (χ2n) is 4.33. The number of nitrogens with one attached hydrogen (secondary N) is 1. The molecule has 2 unspecified atom stereocenters. The first kappa shape index (κ1) is 9.52.